The first-order valence-corrected chi connectivity index (χ1v) is 8.26. The third kappa shape index (κ3) is 4.26. The molecule has 1 aromatic carbocycles. The van der Waals surface area contributed by atoms with Crippen LogP contribution in [0.5, 0.6) is 0 Å². The number of aromatic nitrogens is 2. The summed E-state index contributed by atoms with van der Waals surface area (Å²) < 4.78 is 0. The average molecular weight is 351 g/mol. The first-order chi connectivity index (χ1) is 11.1. The zero-order valence-corrected chi connectivity index (χ0v) is 15.4. The van der Waals surface area contributed by atoms with Crippen molar-refractivity contribution in [1.29, 1.82) is 0 Å². The molecular formula is C17H27ClN6. The smallest absolute Gasteiger partial charge is 0.137 e. The van der Waals surface area contributed by atoms with Crippen LogP contribution in [0.25, 0.3) is 10.9 Å². The number of halogens is 1. The Bertz CT molecular complexity index is 657. The van der Waals surface area contributed by atoms with Crippen LogP contribution in [-0.2, 0) is 0 Å². The van der Waals surface area contributed by atoms with E-state index in [-0.39, 0.29) is 12.4 Å². The monoisotopic (exact) mass is 350 g/mol. The first kappa shape index (κ1) is 18.7. The van der Waals surface area contributed by atoms with E-state index in [1.807, 2.05) is 14.1 Å². The zero-order chi connectivity index (χ0) is 16.2. The van der Waals surface area contributed by atoms with Gasteiger partial charge in [0.1, 0.15) is 12.1 Å². The van der Waals surface area contributed by atoms with Gasteiger partial charge in [-0.1, -0.05) is 6.07 Å². The molecule has 1 aromatic heterocycles. The number of nitrogens with one attached hydrogen (secondary N) is 2. The minimum Gasteiger partial charge on any atom is -0.376 e. The van der Waals surface area contributed by atoms with E-state index >= 15 is 0 Å². The molecule has 0 aliphatic carbocycles. The van der Waals surface area contributed by atoms with Crippen LogP contribution in [0.4, 0.5) is 11.5 Å². The van der Waals surface area contributed by atoms with Crippen LogP contribution in [-0.4, -0.2) is 67.7 Å². The Morgan fingerprint density at radius 3 is 2.71 bits per heavy atom. The van der Waals surface area contributed by atoms with Crippen LogP contribution in [0.2, 0.25) is 0 Å². The summed E-state index contributed by atoms with van der Waals surface area (Å²) >= 11 is 0. The number of hydrogen-bond donors (Lipinski definition) is 2. The highest BCUT2D eigenvalue weighted by atomic mass is 35.5. The van der Waals surface area contributed by atoms with Gasteiger partial charge in [0.05, 0.1) is 11.2 Å². The molecule has 1 fully saturated rings. The molecule has 2 N–H and O–H groups in total. The lowest BCUT2D eigenvalue weighted by Gasteiger charge is -2.30. The van der Waals surface area contributed by atoms with E-state index in [1.54, 1.807) is 6.33 Å². The van der Waals surface area contributed by atoms with Gasteiger partial charge >= 0.3 is 0 Å². The van der Waals surface area contributed by atoms with Crippen LogP contribution < -0.4 is 15.5 Å². The molecule has 1 saturated heterocycles. The molecule has 24 heavy (non-hydrogen) atoms. The summed E-state index contributed by atoms with van der Waals surface area (Å²) in [5.41, 5.74) is 2.10. The topological polar surface area (TPSA) is 56.3 Å². The number of rotatable bonds is 5. The normalized spacial score (nSPS) is 16.5. The molecule has 0 saturated carbocycles. The fourth-order valence-corrected chi connectivity index (χ4v) is 3.11. The molecule has 0 spiro atoms. The molecule has 3 rings (SSSR count). The van der Waals surface area contributed by atoms with E-state index in [0.717, 1.165) is 55.1 Å². The fourth-order valence-electron chi connectivity index (χ4n) is 3.11. The van der Waals surface area contributed by atoms with E-state index in [2.05, 4.69) is 55.5 Å². The molecule has 2 heterocycles. The lowest BCUT2D eigenvalue weighted by Crippen LogP contribution is -2.47. The van der Waals surface area contributed by atoms with Crippen molar-refractivity contribution in [3.63, 3.8) is 0 Å². The van der Waals surface area contributed by atoms with Crippen molar-refractivity contribution in [3.05, 3.63) is 24.5 Å². The van der Waals surface area contributed by atoms with E-state index in [9.17, 15) is 0 Å². The Labute approximate surface area is 150 Å². The summed E-state index contributed by atoms with van der Waals surface area (Å²) in [6.07, 6.45) is 1.65. The number of para-hydroxylation sites is 1. The molecule has 2 aromatic rings. The maximum absolute atomic E-state index is 4.47. The Morgan fingerprint density at radius 1 is 1.25 bits per heavy atom. The van der Waals surface area contributed by atoms with Crippen molar-refractivity contribution in [3.8, 4) is 0 Å². The molecule has 1 aliphatic rings. The molecule has 0 amide bonds. The van der Waals surface area contributed by atoms with Crippen LogP contribution in [0.1, 0.15) is 6.92 Å². The first-order valence-electron chi connectivity index (χ1n) is 8.26. The van der Waals surface area contributed by atoms with E-state index in [1.165, 1.54) is 0 Å². The maximum Gasteiger partial charge on any atom is 0.137 e. The fraction of sp³-hybridized carbons (Fsp3) is 0.529. The zero-order valence-electron chi connectivity index (χ0n) is 14.6. The molecule has 7 heteroatoms. The number of anilines is 2. The van der Waals surface area contributed by atoms with Crippen molar-refractivity contribution in [1.82, 2.24) is 20.2 Å². The Hall–Kier alpha value is -1.63. The molecule has 132 valence electrons. The van der Waals surface area contributed by atoms with Gasteiger partial charge in [-0.25, -0.2) is 9.97 Å². The standard InChI is InChI=1S/C17H26N6.ClH/c1-13(11-23-9-7-18-8-10-23)21-17-14-5-4-6-15(22(2)3)16(14)19-12-20-17;/h4-6,12-13,18H,7-11H2,1-3H3,(H,19,20,21);1H/t13-;/m0./s1. The minimum absolute atomic E-state index is 0. The van der Waals surface area contributed by atoms with Gasteiger partial charge in [-0.2, -0.15) is 0 Å². The summed E-state index contributed by atoms with van der Waals surface area (Å²) in [5.74, 6) is 0.918. The van der Waals surface area contributed by atoms with Crippen LogP contribution >= 0.6 is 12.4 Å². The second-order valence-electron chi connectivity index (χ2n) is 6.39. The minimum atomic E-state index is 0. The van der Waals surface area contributed by atoms with Gasteiger partial charge in [0.15, 0.2) is 0 Å². The molecule has 0 unspecified atom stereocenters. The number of benzene rings is 1. The van der Waals surface area contributed by atoms with Gasteiger partial charge < -0.3 is 15.5 Å². The Kier molecular flexibility index (Phi) is 6.60. The third-order valence-electron chi connectivity index (χ3n) is 4.25. The Balaban J connectivity index is 0.00000208. The quantitative estimate of drug-likeness (QED) is 0.858. The van der Waals surface area contributed by atoms with E-state index in [4.69, 9.17) is 0 Å². The van der Waals surface area contributed by atoms with Gasteiger partial charge in [0.2, 0.25) is 0 Å². The summed E-state index contributed by atoms with van der Waals surface area (Å²) in [6, 6.07) is 6.58. The molecule has 6 nitrogen and oxygen atoms in total. The number of hydrogen-bond acceptors (Lipinski definition) is 6. The van der Waals surface area contributed by atoms with Crippen molar-refractivity contribution in [2.45, 2.75) is 13.0 Å². The summed E-state index contributed by atoms with van der Waals surface area (Å²) in [7, 11) is 4.08. The average Bonchev–Trinajstić information content (AvgIpc) is 2.55. The highest BCUT2D eigenvalue weighted by Gasteiger charge is 2.15. The van der Waals surface area contributed by atoms with Gasteiger partial charge in [0.25, 0.3) is 0 Å². The van der Waals surface area contributed by atoms with Crippen LogP contribution in [0, 0.1) is 0 Å². The molecule has 1 atom stereocenters. The lowest BCUT2D eigenvalue weighted by atomic mass is 10.2. The van der Waals surface area contributed by atoms with E-state index < -0.39 is 0 Å². The predicted molar refractivity (Wildman–Crippen MR) is 104 cm³/mol. The van der Waals surface area contributed by atoms with Crippen LogP contribution in [0.3, 0.4) is 0 Å². The molecular weight excluding hydrogens is 324 g/mol. The maximum atomic E-state index is 4.47. The van der Waals surface area contributed by atoms with Gasteiger partial charge in [-0.15, -0.1) is 12.4 Å². The second-order valence-corrected chi connectivity index (χ2v) is 6.39. The Morgan fingerprint density at radius 2 is 2.00 bits per heavy atom. The van der Waals surface area contributed by atoms with Crippen molar-refractivity contribution in [2.75, 3.05) is 57.0 Å². The van der Waals surface area contributed by atoms with Gasteiger partial charge in [-0.3, -0.25) is 4.90 Å². The van der Waals surface area contributed by atoms with Crippen molar-refractivity contribution < 1.29 is 0 Å². The molecule has 0 bridgehead atoms. The van der Waals surface area contributed by atoms with E-state index in [0.29, 0.717) is 6.04 Å². The predicted octanol–water partition coefficient (Wildman–Crippen LogP) is 1.82. The number of piperazine rings is 1. The molecule has 0 radical (unpaired) electrons. The van der Waals surface area contributed by atoms with Gasteiger partial charge in [0, 0.05) is 58.2 Å². The van der Waals surface area contributed by atoms with Crippen LogP contribution in [0.15, 0.2) is 24.5 Å². The number of fused-ring (bicyclic) bond motifs is 1. The largest absolute Gasteiger partial charge is 0.376 e. The number of nitrogens with zero attached hydrogens (tertiary/aromatic N) is 4. The summed E-state index contributed by atoms with van der Waals surface area (Å²) in [6.45, 7) is 7.62. The third-order valence-corrected chi connectivity index (χ3v) is 4.25. The SMILES string of the molecule is C[C@@H](CN1CCNCC1)Nc1ncnc2c(N(C)C)cccc12.Cl. The summed E-state index contributed by atoms with van der Waals surface area (Å²) in [4.78, 5) is 13.5. The highest BCUT2D eigenvalue weighted by molar-refractivity contribution is 5.97. The van der Waals surface area contributed by atoms with Gasteiger partial charge in [-0.05, 0) is 19.1 Å². The van der Waals surface area contributed by atoms with Crippen molar-refractivity contribution >= 4 is 34.8 Å². The lowest BCUT2D eigenvalue weighted by molar-refractivity contribution is 0.235. The molecule has 1 aliphatic heterocycles. The van der Waals surface area contributed by atoms with Crippen molar-refractivity contribution in [2.24, 2.45) is 0 Å². The second kappa shape index (κ2) is 8.46. The summed E-state index contributed by atoms with van der Waals surface area (Å²) in [5, 5.41) is 8.03. The highest BCUT2D eigenvalue weighted by Crippen LogP contribution is 2.27.